The molecule has 0 bridgehead atoms. The first-order valence-electron chi connectivity index (χ1n) is 7.50. The summed E-state index contributed by atoms with van der Waals surface area (Å²) in [5.74, 6) is 0. The minimum Gasteiger partial charge on any atom is -0.311 e. The van der Waals surface area contributed by atoms with E-state index >= 15 is 0 Å². The molecule has 0 aliphatic rings. The molecule has 0 aliphatic carbocycles. The van der Waals surface area contributed by atoms with E-state index in [9.17, 15) is 0 Å². The van der Waals surface area contributed by atoms with Gasteiger partial charge in [0.05, 0.1) is 22.4 Å². The zero-order valence-corrected chi connectivity index (χ0v) is 14.9. The van der Waals surface area contributed by atoms with Crippen molar-refractivity contribution in [2.24, 2.45) is 0 Å². The molecule has 0 amide bonds. The summed E-state index contributed by atoms with van der Waals surface area (Å²) in [4.78, 5) is 0. The number of hydrogen-bond donors (Lipinski definition) is 1. The van der Waals surface area contributed by atoms with Crippen LogP contribution in [-0.2, 0) is 13.0 Å². The molecule has 0 radical (unpaired) electrons. The monoisotopic (exact) mass is 349 g/mol. The minimum atomic E-state index is 0.259. The number of aryl methyl sites for hydroxylation is 3. The molecule has 2 aromatic rings. The van der Waals surface area contributed by atoms with Crippen LogP contribution in [0.4, 0.5) is 0 Å². The Labute approximate surface area is 135 Å². The lowest BCUT2D eigenvalue weighted by Gasteiger charge is -2.19. The fourth-order valence-corrected chi connectivity index (χ4v) is 3.44. The maximum absolute atomic E-state index is 4.48. The first kappa shape index (κ1) is 16.2. The van der Waals surface area contributed by atoms with Crippen LogP contribution in [0.25, 0.3) is 0 Å². The number of aromatic nitrogens is 2. The van der Waals surface area contributed by atoms with Gasteiger partial charge in [0.2, 0.25) is 0 Å². The minimum absolute atomic E-state index is 0.259. The summed E-state index contributed by atoms with van der Waals surface area (Å²) in [5.41, 5.74) is 5.24. The normalized spacial score (nSPS) is 12.6. The van der Waals surface area contributed by atoms with Crippen molar-refractivity contribution in [3.05, 3.63) is 51.3 Å². The maximum Gasteiger partial charge on any atom is 0.0698 e. The van der Waals surface area contributed by atoms with Crippen LogP contribution >= 0.6 is 15.9 Å². The number of rotatable bonds is 6. The van der Waals surface area contributed by atoms with Crippen molar-refractivity contribution in [1.82, 2.24) is 15.1 Å². The molecule has 4 heteroatoms. The first-order chi connectivity index (χ1) is 10.0. The van der Waals surface area contributed by atoms with Crippen LogP contribution in [0.2, 0.25) is 0 Å². The number of halogens is 1. The molecule has 0 saturated heterocycles. The molecule has 0 saturated carbocycles. The third-order valence-electron chi connectivity index (χ3n) is 3.67. The summed E-state index contributed by atoms with van der Waals surface area (Å²) in [7, 11) is 2.02. The zero-order chi connectivity index (χ0) is 15.4. The highest BCUT2D eigenvalue weighted by Gasteiger charge is 2.19. The molecular formula is C17H24BrN3. The van der Waals surface area contributed by atoms with E-state index < -0.39 is 0 Å². The smallest absolute Gasteiger partial charge is 0.0698 e. The van der Waals surface area contributed by atoms with Crippen LogP contribution in [0, 0.1) is 13.8 Å². The largest absolute Gasteiger partial charge is 0.311 e. The molecule has 1 aromatic carbocycles. The highest BCUT2D eigenvalue weighted by Crippen LogP contribution is 2.26. The van der Waals surface area contributed by atoms with Crippen molar-refractivity contribution in [3.8, 4) is 0 Å². The fourth-order valence-electron chi connectivity index (χ4n) is 2.87. The molecule has 0 fully saturated rings. The van der Waals surface area contributed by atoms with Crippen LogP contribution in [0.3, 0.4) is 0 Å². The number of hydrogen-bond acceptors (Lipinski definition) is 2. The second-order valence-electron chi connectivity index (χ2n) is 5.64. The van der Waals surface area contributed by atoms with Gasteiger partial charge in [0, 0.05) is 6.54 Å². The van der Waals surface area contributed by atoms with Crippen LogP contribution in [0.1, 0.15) is 41.8 Å². The Morgan fingerprint density at radius 3 is 2.48 bits per heavy atom. The SMILES string of the molecule is CCCn1ncc(Br)c1C(Cc1cc(C)cc(C)c1)NC. The van der Waals surface area contributed by atoms with Gasteiger partial charge in [0.1, 0.15) is 0 Å². The summed E-state index contributed by atoms with van der Waals surface area (Å²) >= 11 is 3.65. The second kappa shape index (κ2) is 7.23. The van der Waals surface area contributed by atoms with Crippen molar-refractivity contribution in [1.29, 1.82) is 0 Å². The number of nitrogens with zero attached hydrogens (tertiary/aromatic N) is 2. The van der Waals surface area contributed by atoms with E-state index in [1.165, 1.54) is 22.4 Å². The lowest BCUT2D eigenvalue weighted by Crippen LogP contribution is -2.23. The molecule has 1 heterocycles. The Bertz CT molecular complexity index is 584. The highest BCUT2D eigenvalue weighted by molar-refractivity contribution is 9.10. The summed E-state index contributed by atoms with van der Waals surface area (Å²) in [6.07, 6.45) is 3.95. The summed E-state index contributed by atoms with van der Waals surface area (Å²) in [5, 5.41) is 7.92. The molecule has 3 nitrogen and oxygen atoms in total. The number of benzene rings is 1. The lowest BCUT2D eigenvalue weighted by molar-refractivity contribution is 0.495. The van der Waals surface area contributed by atoms with Crippen molar-refractivity contribution in [3.63, 3.8) is 0 Å². The average molecular weight is 350 g/mol. The van der Waals surface area contributed by atoms with E-state index in [0.717, 1.165) is 23.9 Å². The standard InChI is InChI=1S/C17H24BrN3/c1-5-6-21-17(15(18)11-20-21)16(19-4)10-14-8-12(2)7-13(3)9-14/h7-9,11,16,19H,5-6,10H2,1-4H3. The molecule has 1 unspecified atom stereocenters. The zero-order valence-electron chi connectivity index (χ0n) is 13.3. The van der Waals surface area contributed by atoms with E-state index in [1.54, 1.807) is 0 Å². The lowest BCUT2D eigenvalue weighted by atomic mass is 9.99. The van der Waals surface area contributed by atoms with Crippen molar-refractivity contribution in [2.75, 3.05) is 7.05 Å². The van der Waals surface area contributed by atoms with Crippen LogP contribution < -0.4 is 5.32 Å². The molecule has 1 aromatic heterocycles. The number of nitrogens with one attached hydrogen (secondary N) is 1. The van der Waals surface area contributed by atoms with Gasteiger partial charge in [0.25, 0.3) is 0 Å². The molecule has 0 aliphatic heterocycles. The van der Waals surface area contributed by atoms with E-state index in [-0.39, 0.29) is 6.04 Å². The van der Waals surface area contributed by atoms with Gasteiger partial charge >= 0.3 is 0 Å². The van der Waals surface area contributed by atoms with Gasteiger partial charge < -0.3 is 5.32 Å². The molecular weight excluding hydrogens is 326 g/mol. The van der Waals surface area contributed by atoms with E-state index in [0.29, 0.717) is 0 Å². The predicted octanol–water partition coefficient (Wildman–Crippen LogP) is 4.18. The van der Waals surface area contributed by atoms with Crippen molar-refractivity contribution >= 4 is 15.9 Å². The van der Waals surface area contributed by atoms with E-state index in [1.807, 2.05) is 13.2 Å². The molecule has 2 rings (SSSR count). The summed E-state index contributed by atoms with van der Waals surface area (Å²) in [6, 6.07) is 7.02. The third kappa shape index (κ3) is 3.95. The second-order valence-corrected chi connectivity index (χ2v) is 6.50. The third-order valence-corrected chi connectivity index (χ3v) is 4.28. The van der Waals surface area contributed by atoms with Gasteiger partial charge in [-0.25, -0.2) is 0 Å². The van der Waals surface area contributed by atoms with Gasteiger partial charge in [-0.05, 0) is 55.2 Å². The Hall–Kier alpha value is -1.13. The Morgan fingerprint density at radius 1 is 1.24 bits per heavy atom. The Morgan fingerprint density at radius 2 is 1.90 bits per heavy atom. The van der Waals surface area contributed by atoms with Gasteiger partial charge in [-0.3, -0.25) is 4.68 Å². The van der Waals surface area contributed by atoms with Crippen molar-refractivity contribution < 1.29 is 0 Å². The van der Waals surface area contributed by atoms with Crippen LogP contribution in [0.15, 0.2) is 28.9 Å². The average Bonchev–Trinajstić information content (AvgIpc) is 2.77. The predicted molar refractivity (Wildman–Crippen MR) is 91.6 cm³/mol. The van der Waals surface area contributed by atoms with Crippen LogP contribution in [-0.4, -0.2) is 16.8 Å². The summed E-state index contributed by atoms with van der Waals surface area (Å²) in [6.45, 7) is 7.44. The fraction of sp³-hybridized carbons (Fsp3) is 0.471. The molecule has 0 spiro atoms. The van der Waals surface area contributed by atoms with Gasteiger partial charge in [-0.1, -0.05) is 36.2 Å². The Kier molecular flexibility index (Phi) is 5.59. The summed E-state index contributed by atoms with van der Waals surface area (Å²) < 4.78 is 3.19. The van der Waals surface area contributed by atoms with E-state index in [2.05, 4.69) is 70.0 Å². The molecule has 1 atom stereocenters. The quantitative estimate of drug-likeness (QED) is 0.847. The maximum atomic E-state index is 4.48. The topological polar surface area (TPSA) is 29.9 Å². The van der Waals surface area contributed by atoms with Gasteiger partial charge in [-0.15, -0.1) is 0 Å². The van der Waals surface area contributed by atoms with Gasteiger partial charge in [0.15, 0.2) is 0 Å². The molecule has 1 N–H and O–H groups in total. The number of likely N-dealkylation sites (N-methyl/N-ethyl adjacent to an activating group) is 1. The first-order valence-corrected chi connectivity index (χ1v) is 8.30. The molecule has 114 valence electrons. The van der Waals surface area contributed by atoms with Crippen molar-refractivity contribution in [2.45, 2.75) is 46.2 Å². The van der Waals surface area contributed by atoms with Gasteiger partial charge in [-0.2, -0.15) is 5.10 Å². The van der Waals surface area contributed by atoms with E-state index in [4.69, 9.17) is 0 Å². The Balaban J connectivity index is 2.29. The van der Waals surface area contributed by atoms with Crippen LogP contribution in [0.5, 0.6) is 0 Å². The molecule has 21 heavy (non-hydrogen) atoms. The highest BCUT2D eigenvalue weighted by atomic mass is 79.9.